The molecule has 0 saturated carbocycles. The second-order valence-electron chi connectivity index (χ2n) is 7.56. The Hall–Kier alpha value is -3.34. The van der Waals surface area contributed by atoms with Gasteiger partial charge in [-0.05, 0) is 56.0 Å². The second-order valence-corrected chi connectivity index (χ2v) is 7.56. The Morgan fingerprint density at radius 2 is 1.79 bits per heavy atom. The van der Waals surface area contributed by atoms with Crippen LogP contribution in [0.3, 0.4) is 0 Å². The van der Waals surface area contributed by atoms with Crippen LogP contribution in [-0.4, -0.2) is 5.91 Å². The molecule has 1 N–H and O–H groups in total. The topological polar surface area (TPSA) is 72.5 Å². The standard InChI is InChI=1S/C24H23NO4/c1-13-10-19-22(23-21(13)14(2)12-28-23)15(3)18(24(27)29-19)11-20(26)25-16(4)17-8-6-5-7-9-17/h5-10,12,16H,11H2,1-4H3,(H,25,26). The van der Waals surface area contributed by atoms with Gasteiger partial charge in [0, 0.05) is 5.39 Å². The van der Waals surface area contributed by atoms with Crippen molar-refractivity contribution >= 4 is 27.8 Å². The summed E-state index contributed by atoms with van der Waals surface area (Å²) in [7, 11) is 0. The zero-order chi connectivity index (χ0) is 20.7. The number of hydrogen-bond donors (Lipinski definition) is 1. The van der Waals surface area contributed by atoms with E-state index in [1.165, 1.54) is 0 Å². The molecule has 4 rings (SSSR count). The second kappa shape index (κ2) is 7.24. The van der Waals surface area contributed by atoms with Gasteiger partial charge in [-0.25, -0.2) is 4.79 Å². The molecule has 0 aliphatic carbocycles. The molecule has 5 heteroatoms. The Kier molecular flexibility index (Phi) is 4.74. The highest BCUT2D eigenvalue weighted by molar-refractivity contribution is 6.07. The number of carbonyl (C=O) groups is 1. The first-order valence-electron chi connectivity index (χ1n) is 9.64. The van der Waals surface area contributed by atoms with Crippen molar-refractivity contribution in [3.63, 3.8) is 0 Å². The van der Waals surface area contributed by atoms with E-state index in [-0.39, 0.29) is 18.4 Å². The predicted octanol–water partition coefficient (Wildman–Crippen LogP) is 4.88. The molecule has 0 aliphatic heterocycles. The smallest absolute Gasteiger partial charge is 0.340 e. The largest absolute Gasteiger partial charge is 0.463 e. The van der Waals surface area contributed by atoms with E-state index in [0.29, 0.717) is 16.7 Å². The van der Waals surface area contributed by atoms with Crippen LogP contribution in [0.25, 0.3) is 21.9 Å². The lowest BCUT2D eigenvalue weighted by atomic mass is 9.98. The summed E-state index contributed by atoms with van der Waals surface area (Å²) in [6, 6.07) is 11.4. The van der Waals surface area contributed by atoms with Crippen LogP contribution in [0.2, 0.25) is 0 Å². The molecule has 0 saturated heterocycles. The maximum absolute atomic E-state index is 12.6. The SMILES string of the molecule is Cc1coc2c1c(C)cc1oc(=O)c(CC(=O)NC(C)c3ccccc3)c(C)c12. The first kappa shape index (κ1) is 19.0. The van der Waals surface area contributed by atoms with Gasteiger partial charge in [-0.3, -0.25) is 4.79 Å². The molecular weight excluding hydrogens is 366 g/mol. The molecule has 0 fully saturated rings. The van der Waals surface area contributed by atoms with Crippen molar-refractivity contribution in [2.45, 2.75) is 40.2 Å². The minimum atomic E-state index is -0.487. The quantitative estimate of drug-likeness (QED) is 0.505. The molecule has 2 heterocycles. The third kappa shape index (κ3) is 3.33. The van der Waals surface area contributed by atoms with E-state index >= 15 is 0 Å². The fraction of sp³-hybridized carbons (Fsp3) is 0.250. The average molecular weight is 389 g/mol. The van der Waals surface area contributed by atoms with Crippen LogP contribution < -0.4 is 10.9 Å². The number of fused-ring (bicyclic) bond motifs is 3. The summed E-state index contributed by atoms with van der Waals surface area (Å²) in [6.45, 7) is 7.71. The van der Waals surface area contributed by atoms with Crippen LogP contribution in [0.1, 0.15) is 40.8 Å². The first-order valence-corrected chi connectivity index (χ1v) is 9.64. The lowest BCUT2D eigenvalue weighted by Crippen LogP contribution is -2.30. The zero-order valence-corrected chi connectivity index (χ0v) is 17.0. The van der Waals surface area contributed by atoms with Gasteiger partial charge in [0.05, 0.1) is 29.7 Å². The van der Waals surface area contributed by atoms with Crippen molar-refractivity contribution in [1.29, 1.82) is 0 Å². The van der Waals surface area contributed by atoms with E-state index in [1.807, 2.05) is 64.1 Å². The van der Waals surface area contributed by atoms with Gasteiger partial charge in [0.2, 0.25) is 5.91 Å². The van der Waals surface area contributed by atoms with Crippen LogP contribution in [0.4, 0.5) is 0 Å². The van der Waals surface area contributed by atoms with E-state index < -0.39 is 5.63 Å². The summed E-state index contributed by atoms with van der Waals surface area (Å²) >= 11 is 0. The molecule has 2 aromatic carbocycles. The molecule has 148 valence electrons. The van der Waals surface area contributed by atoms with Crippen molar-refractivity contribution in [3.8, 4) is 0 Å². The molecule has 5 nitrogen and oxygen atoms in total. The van der Waals surface area contributed by atoms with Crippen LogP contribution in [0.5, 0.6) is 0 Å². The third-order valence-electron chi connectivity index (χ3n) is 5.48. The summed E-state index contributed by atoms with van der Waals surface area (Å²) in [5.74, 6) is -0.227. The van der Waals surface area contributed by atoms with Gasteiger partial charge >= 0.3 is 5.63 Å². The zero-order valence-electron chi connectivity index (χ0n) is 17.0. The Morgan fingerprint density at radius 1 is 1.07 bits per heavy atom. The summed E-state index contributed by atoms with van der Waals surface area (Å²) in [5, 5.41) is 4.72. The summed E-state index contributed by atoms with van der Waals surface area (Å²) in [6.07, 6.45) is 1.66. The van der Waals surface area contributed by atoms with Gasteiger partial charge in [0.25, 0.3) is 0 Å². The van der Waals surface area contributed by atoms with Crippen LogP contribution in [0.15, 0.2) is 56.3 Å². The van der Waals surface area contributed by atoms with E-state index in [0.717, 1.165) is 33.0 Å². The first-order chi connectivity index (χ1) is 13.9. The van der Waals surface area contributed by atoms with Crippen molar-refractivity contribution < 1.29 is 13.6 Å². The Bertz CT molecular complexity index is 1280. The van der Waals surface area contributed by atoms with E-state index in [9.17, 15) is 9.59 Å². The highest BCUT2D eigenvalue weighted by atomic mass is 16.4. The number of furan rings is 1. The number of rotatable bonds is 4. The van der Waals surface area contributed by atoms with E-state index in [2.05, 4.69) is 5.32 Å². The highest BCUT2D eigenvalue weighted by Crippen LogP contribution is 2.34. The molecule has 0 radical (unpaired) electrons. The van der Waals surface area contributed by atoms with Crippen molar-refractivity contribution in [1.82, 2.24) is 5.32 Å². The van der Waals surface area contributed by atoms with Crippen LogP contribution in [0, 0.1) is 20.8 Å². The molecule has 1 amide bonds. The third-order valence-corrected chi connectivity index (χ3v) is 5.48. The van der Waals surface area contributed by atoms with Crippen LogP contribution >= 0.6 is 0 Å². The molecule has 2 aromatic heterocycles. The Labute approximate surface area is 168 Å². The fourth-order valence-corrected chi connectivity index (χ4v) is 3.96. The average Bonchev–Trinajstić information content (AvgIpc) is 3.07. The van der Waals surface area contributed by atoms with Gasteiger partial charge in [0.15, 0.2) is 0 Å². The maximum atomic E-state index is 12.6. The molecule has 0 aliphatic rings. The Balaban J connectivity index is 1.72. The van der Waals surface area contributed by atoms with E-state index in [1.54, 1.807) is 6.26 Å². The monoisotopic (exact) mass is 389 g/mol. The number of nitrogens with one attached hydrogen (secondary N) is 1. The number of hydrogen-bond acceptors (Lipinski definition) is 4. The molecule has 1 atom stereocenters. The van der Waals surface area contributed by atoms with Gasteiger partial charge in [-0.15, -0.1) is 0 Å². The van der Waals surface area contributed by atoms with Crippen LogP contribution in [-0.2, 0) is 11.2 Å². The van der Waals surface area contributed by atoms with Crippen molar-refractivity contribution in [3.05, 3.63) is 80.9 Å². The summed E-state index contributed by atoms with van der Waals surface area (Å²) in [5.41, 5.74) is 4.79. The maximum Gasteiger partial charge on any atom is 0.340 e. The molecule has 0 bridgehead atoms. The highest BCUT2D eigenvalue weighted by Gasteiger charge is 2.20. The number of aryl methyl sites for hydroxylation is 3. The van der Waals surface area contributed by atoms with Gasteiger partial charge < -0.3 is 14.2 Å². The number of benzene rings is 2. The predicted molar refractivity (Wildman–Crippen MR) is 113 cm³/mol. The van der Waals surface area contributed by atoms with Gasteiger partial charge in [0.1, 0.15) is 11.2 Å². The number of amides is 1. The van der Waals surface area contributed by atoms with Gasteiger partial charge in [-0.2, -0.15) is 0 Å². The van der Waals surface area contributed by atoms with Crippen molar-refractivity contribution in [2.75, 3.05) is 0 Å². The molecule has 4 aromatic rings. The van der Waals surface area contributed by atoms with E-state index in [4.69, 9.17) is 8.83 Å². The lowest BCUT2D eigenvalue weighted by Gasteiger charge is -2.15. The molecular formula is C24H23NO4. The number of carbonyl (C=O) groups excluding carboxylic acids is 1. The summed E-state index contributed by atoms with van der Waals surface area (Å²) in [4.78, 5) is 25.3. The van der Waals surface area contributed by atoms with Gasteiger partial charge in [-0.1, -0.05) is 30.3 Å². The minimum Gasteiger partial charge on any atom is -0.463 e. The Morgan fingerprint density at radius 3 is 2.52 bits per heavy atom. The normalized spacial score (nSPS) is 12.4. The molecule has 0 spiro atoms. The minimum absolute atomic E-state index is 0.0453. The fourth-order valence-electron chi connectivity index (χ4n) is 3.96. The summed E-state index contributed by atoms with van der Waals surface area (Å²) < 4.78 is 11.4. The lowest BCUT2D eigenvalue weighted by molar-refractivity contribution is -0.121. The molecule has 1 unspecified atom stereocenters. The van der Waals surface area contributed by atoms with Crippen molar-refractivity contribution in [2.24, 2.45) is 0 Å². The molecule has 29 heavy (non-hydrogen) atoms.